The van der Waals surface area contributed by atoms with Crippen LogP contribution in [0, 0.1) is 0 Å². The van der Waals surface area contributed by atoms with E-state index in [2.05, 4.69) is 0 Å². The Kier molecular flexibility index (Phi) is 3.71. The largest absolute Gasteiger partial charge is 0.312 e. The summed E-state index contributed by atoms with van der Waals surface area (Å²) in [6.07, 6.45) is 1.83. The van der Waals surface area contributed by atoms with Crippen molar-refractivity contribution in [3.63, 3.8) is 0 Å². The lowest BCUT2D eigenvalue weighted by Crippen LogP contribution is -2.35. The highest BCUT2D eigenvalue weighted by Gasteiger charge is 2.26. The van der Waals surface area contributed by atoms with Gasteiger partial charge in [-0.3, -0.25) is 9.59 Å². The number of alkyl halides is 1. The first-order chi connectivity index (χ1) is 8.52. The van der Waals surface area contributed by atoms with Gasteiger partial charge in [0, 0.05) is 19.0 Å². The van der Waals surface area contributed by atoms with Gasteiger partial charge in [-0.1, -0.05) is 12.1 Å². The third-order valence-electron chi connectivity index (χ3n) is 3.22. The van der Waals surface area contributed by atoms with Crippen molar-refractivity contribution in [2.45, 2.75) is 32.1 Å². The van der Waals surface area contributed by atoms with Gasteiger partial charge < -0.3 is 4.90 Å². The molecule has 0 bridgehead atoms. The predicted octanol–water partition coefficient (Wildman–Crippen LogP) is 2.80. The molecule has 0 N–H and O–H groups in total. The highest BCUT2D eigenvalue weighted by atomic mass is 35.5. The van der Waals surface area contributed by atoms with Crippen LogP contribution in [0.25, 0.3) is 0 Å². The van der Waals surface area contributed by atoms with Crippen LogP contribution in [0.3, 0.4) is 0 Å². The van der Waals surface area contributed by atoms with E-state index in [-0.39, 0.29) is 11.7 Å². The van der Waals surface area contributed by atoms with Crippen LogP contribution in [0.1, 0.15) is 36.2 Å². The van der Waals surface area contributed by atoms with Crippen LogP contribution >= 0.6 is 11.6 Å². The fourth-order valence-corrected chi connectivity index (χ4v) is 2.50. The molecule has 4 heteroatoms. The summed E-state index contributed by atoms with van der Waals surface area (Å²) in [4.78, 5) is 25.5. The maximum Gasteiger partial charge on any atom is 0.223 e. The van der Waals surface area contributed by atoms with Crippen molar-refractivity contribution in [2.24, 2.45) is 0 Å². The molecule has 1 aliphatic heterocycles. The lowest BCUT2D eigenvalue weighted by atomic mass is 9.95. The summed E-state index contributed by atoms with van der Waals surface area (Å²) in [5.74, 6) is -0.153. The Balaban J connectivity index is 2.56. The maximum absolute atomic E-state index is 12.1. The Labute approximate surface area is 112 Å². The Hall–Kier alpha value is -1.35. The quantitative estimate of drug-likeness (QED) is 0.609. The topological polar surface area (TPSA) is 37.4 Å². The van der Waals surface area contributed by atoms with E-state index in [1.165, 1.54) is 6.92 Å². The second-order valence-corrected chi connectivity index (χ2v) is 5.22. The number of fused-ring (bicyclic) bond motifs is 1. The fraction of sp³-hybridized carbons (Fsp3) is 0.429. The Morgan fingerprint density at radius 2 is 2.11 bits per heavy atom. The molecule has 96 valence electrons. The van der Waals surface area contributed by atoms with Gasteiger partial charge in [0.1, 0.15) is 0 Å². The molecule has 18 heavy (non-hydrogen) atoms. The number of hydrogen-bond donors (Lipinski definition) is 0. The maximum atomic E-state index is 12.1. The molecule has 1 atom stereocenters. The number of ketones is 1. The first kappa shape index (κ1) is 13.1. The lowest BCUT2D eigenvalue weighted by molar-refractivity contribution is -0.116. The zero-order valence-corrected chi connectivity index (χ0v) is 11.3. The van der Waals surface area contributed by atoms with Crippen molar-refractivity contribution in [1.82, 2.24) is 0 Å². The average Bonchev–Trinajstić information content (AvgIpc) is 2.36. The molecule has 1 amide bonds. The van der Waals surface area contributed by atoms with Crippen LogP contribution in [0.5, 0.6) is 0 Å². The van der Waals surface area contributed by atoms with E-state index < -0.39 is 5.38 Å². The van der Waals surface area contributed by atoms with Crippen molar-refractivity contribution in [3.05, 3.63) is 29.3 Å². The summed E-state index contributed by atoms with van der Waals surface area (Å²) in [6, 6.07) is 5.58. The van der Waals surface area contributed by atoms with Crippen molar-refractivity contribution in [1.29, 1.82) is 0 Å². The number of carbonyl (C=O) groups excluding carboxylic acids is 2. The standard InChI is InChI=1S/C14H16ClNO2/c1-9(15)14(18)12-7-3-5-11-6-4-8-16(10(2)17)13(11)12/h3,5,7,9H,4,6,8H2,1-2H3. The van der Waals surface area contributed by atoms with Gasteiger partial charge in [-0.15, -0.1) is 11.6 Å². The summed E-state index contributed by atoms with van der Waals surface area (Å²) in [6.45, 7) is 3.86. The molecule has 0 saturated carbocycles. The molecule has 0 aliphatic carbocycles. The van der Waals surface area contributed by atoms with Gasteiger partial charge in [-0.05, 0) is 31.4 Å². The first-order valence-electron chi connectivity index (χ1n) is 6.10. The van der Waals surface area contributed by atoms with Gasteiger partial charge in [-0.25, -0.2) is 0 Å². The van der Waals surface area contributed by atoms with E-state index in [1.807, 2.05) is 12.1 Å². The van der Waals surface area contributed by atoms with Crippen LogP contribution in [0.4, 0.5) is 5.69 Å². The van der Waals surface area contributed by atoms with E-state index in [0.29, 0.717) is 12.1 Å². The monoisotopic (exact) mass is 265 g/mol. The summed E-state index contributed by atoms with van der Waals surface area (Å²) in [5.41, 5.74) is 2.37. The number of carbonyl (C=O) groups is 2. The van der Waals surface area contributed by atoms with E-state index in [0.717, 1.165) is 24.1 Å². The lowest BCUT2D eigenvalue weighted by Gasteiger charge is -2.30. The molecular formula is C14H16ClNO2. The molecule has 0 fully saturated rings. The highest BCUT2D eigenvalue weighted by Crippen LogP contribution is 2.32. The highest BCUT2D eigenvalue weighted by molar-refractivity contribution is 6.34. The molecule has 1 aliphatic rings. The molecule has 0 saturated heterocycles. The zero-order valence-electron chi connectivity index (χ0n) is 10.6. The van der Waals surface area contributed by atoms with E-state index in [1.54, 1.807) is 17.9 Å². The Morgan fingerprint density at radius 3 is 2.72 bits per heavy atom. The summed E-state index contributed by atoms with van der Waals surface area (Å²) < 4.78 is 0. The summed E-state index contributed by atoms with van der Waals surface area (Å²) >= 11 is 5.88. The van der Waals surface area contributed by atoms with Gasteiger partial charge in [0.05, 0.1) is 11.1 Å². The minimum absolute atomic E-state index is 0.0292. The fourth-order valence-electron chi connectivity index (χ4n) is 2.38. The van der Waals surface area contributed by atoms with Crippen LogP contribution in [0.2, 0.25) is 0 Å². The molecule has 1 unspecified atom stereocenters. The number of Topliss-reactive ketones (excluding diaryl/α,β-unsaturated/α-hetero) is 1. The van der Waals surface area contributed by atoms with Gasteiger partial charge in [0.15, 0.2) is 5.78 Å². The predicted molar refractivity (Wildman–Crippen MR) is 72.4 cm³/mol. The molecule has 0 radical (unpaired) electrons. The second kappa shape index (κ2) is 5.11. The van der Waals surface area contributed by atoms with Gasteiger partial charge in [0.25, 0.3) is 0 Å². The zero-order chi connectivity index (χ0) is 13.3. The van der Waals surface area contributed by atoms with Crippen LogP contribution in [0.15, 0.2) is 18.2 Å². The molecule has 0 spiro atoms. The average molecular weight is 266 g/mol. The van der Waals surface area contributed by atoms with E-state index in [9.17, 15) is 9.59 Å². The molecular weight excluding hydrogens is 250 g/mol. The van der Waals surface area contributed by atoms with E-state index >= 15 is 0 Å². The van der Waals surface area contributed by atoms with Gasteiger partial charge in [-0.2, -0.15) is 0 Å². The van der Waals surface area contributed by atoms with Crippen LogP contribution in [-0.2, 0) is 11.2 Å². The number of aryl methyl sites for hydroxylation is 1. The Bertz CT molecular complexity index is 497. The SMILES string of the molecule is CC(=O)N1CCCc2cccc(C(=O)C(C)Cl)c21. The minimum Gasteiger partial charge on any atom is -0.312 e. The molecule has 1 aromatic carbocycles. The summed E-state index contributed by atoms with van der Waals surface area (Å²) in [7, 11) is 0. The molecule has 1 aromatic rings. The number of hydrogen-bond acceptors (Lipinski definition) is 2. The number of para-hydroxylation sites is 1. The van der Waals surface area contributed by atoms with Crippen molar-refractivity contribution in [3.8, 4) is 0 Å². The minimum atomic E-state index is -0.577. The van der Waals surface area contributed by atoms with Crippen LogP contribution < -0.4 is 4.90 Å². The van der Waals surface area contributed by atoms with Gasteiger partial charge in [0.2, 0.25) is 5.91 Å². The molecule has 3 nitrogen and oxygen atoms in total. The van der Waals surface area contributed by atoms with E-state index in [4.69, 9.17) is 11.6 Å². The number of halogens is 1. The number of benzene rings is 1. The first-order valence-corrected chi connectivity index (χ1v) is 6.54. The Morgan fingerprint density at radius 1 is 1.39 bits per heavy atom. The summed E-state index contributed by atoms with van der Waals surface area (Å²) in [5, 5.41) is -0.577. The third-order valence-corrected chi connectivity index (χ3v) is 3.42. The molecule has 2 rings (SSSR count). The van der Waals surface area contributed by atoms with Crippen molar-refractivity contribution >= 4 is 29.0 Å². The number of anilines is 1. The number of rotatable bonds is 2. The normalized spacial score (nSPS) is 16.1. The molecule has 0 aromatic heterocycles. The second-order valence-electron chi connectivity index (χ2n) is 4.57. The third kappa shape index (κ3) is 2.27. The number of amides is 1. The number of nitrogens with zero attached hydrogens (tertiary/aromatic N) is 1. The van der Waals surface area contributed by atoms with Crippen LogP contribution in [-0.4, -0.2) is 23.6 Å². The van der Waals surface area contributed by atoms with Crippen molar-refractivity contribution < 1.29 is 9.59 Å². The van der Waals surface area contributed by atoms with Gasteiger partial charge >= 0.3 is 0 Å². The van der Waals surface area contributed by atoms with Crippen molar-refractivity contribution in [2.75, 3.05) is 11.4 Å². The molecule has 1 heterocycles. The smallest absolute Gasteiger partial charge is 0.223 e.